The summed E-state index contributed by atoms with van der Waals surface area (Å²) in [6.07, 6.45) is 3.65. The third-order valence-electron chi connectivity index (χ3n) is 3.80. The lowest BCUT2D eigenvalue weighted by Gasteiger charge is -2.34. The molecule has 0 unspecified atom stereocenters. The molecule has 1 saturated heterocycles. The fraction of sp³-hybridized carbons (Fsp3) is 0.923. The number of hydrogen-bond acceptors (Lipinski definition) is 4. The van der Waals surface area contributed by atoms with Crippen LogP contribution in [0.2, 0.25) is 0 Å². The molecule has 2 aliphatic rings. The fourth-order valence-corrected chi connectivity index (χ4v) is 2.33. The summed E-state index contributed by atoms with van der Waals surface area (Å²) in [6, 6.07) is 0. The molecule has 0 radical (unpaired) electrons. The highest BCUT2D eigenvalue weighted by molar-refractivity contribution is 5.78. The smallest absolute Gasteiger partial charge is 0.234 e. The van der Waals surface area contributed by atoms with Gasteiger partial charge in [-0.25, -0.2) is 0 Å². The summed E-state index contributed by atoms with van der Waals surface area (Å²) in [5, 5.41) is 3.03. The number of nitrogens with one attached hydrogen (secondary N) is 1. The second kappa shape index (κ2) is 7.07. The highest BCUT2D eigenvalue weighted by Gasteiger charge is 2.23. The lowest BCUT2D eigenvalue weighted by Crippen LogP contribution is -2.49. The van der Waals surface area contributed by atoms with Crippen LogP contribution in [0.15, 0.2) is 0 Å². The summed E-state index contributed by atoms with van der Waals surface area (Å²) in [4.78, 5) is 16.4. The molecule has 0 aromatic carbocycles. The van der Waals surface area contributed by atoms with Crippen LogP contribution in [0.5, 0.6) is 0 Å². The van der Waals surface area contributed by atoms with Gasteiger partial charge in [0.25, 0.3) is 0 Å². The molecule has 2 fully saturated rings. The van der Waals surface area contributed by atoms with Crippen molar-refractivity contribution in [3.05, 3.63) is 0 Å². The second-order valence-corrected chi connectivity index (χ2v) is 5.51. The molecule has 2 rings (SSSR count). The van der Waals surface area contributed by atoms with Gasteiger partial charge in [0.15, 0.2) is 0 Å². The molecule has 5 nitrogen and oxygen atoms in total. The van der Waals surface area contributed by atoms with Gasteiger partial charge in [0.1, 0.15) is 0 Å². The first kappa shape index (κ1) is 13.8. The van der Waals surface area contributed by atoms with Crippen LogP contribution < -0.4 is 11.1 Å². The summed E-state index contributed by atoms with van der Waals surface area (Å²) in [6.45, 7) is 7.45. The minimum Gasteiger partial charge on any atom is -0.355 e. The number of carbonyl (C=O) groups is 1. The predicted octanol–water partition coefficient (Wildman–Crippen LogP) is -0.521. The zero-order valence-electron chi connectivity index (χ0n) is 11.2. The maximum atomic E-state index is 11.7. The van der Waals surface area contributed by atoms with Gasteiger partial charge in [0, 0.05) is 32.7 Å². The quantitative estimate of drug-likeness (QED) is 0.642. The number of amides is 1. The van der Waals surface area contributed by atoms with Crippen LogP contribution in [0.3, 0.4) is 0 Å². The Labute approximate surface area is 110 Å². The van der Waals surface area contributed by atoms with Gasteiger partial charge < -0.3 is 16.0 Å². The van der Waals surface area contributed by atoms with Crippen molar-refractivity contribution in [2.24, 2.45) is 11.7 Å². The van der Waals surface area contributed by atoms with E-state index in [1.165, 1.54) is 12.8 Å². The van der Waals surface area contributed by atoms with Crippen LogP contribution in [0.25, 0.3) is 0 Å². The number of nitrogens with two attached hydrogens (primary N) is 1. The Morgan fingerprint density at radius 3 is 2.44 bits per heavy atom. The SMILES string of the molecule is NCCCN1CCN(CC(=O)NCC2CC2)CC1. The Bertz CT molecular complexity index is 260. The van der Waals surface area contributed by atoms with Crippen LogP contribution in [-0.2, 0) is 4.79 Å². The first-order chi connectivity index (χ1) is 8.78. The van der Waals surface area contributed by atoms with Crippen LogP contribution in [0, 0.1) is 5.92 Å². The molecule has 1 saturated carbocycles. The molecule has 0 atom stereocenters. The fourth-order valence-electron chi connectivity index (χ4n) is 2.33. The van der Waals surface area contributed by atoms with E-state index in [9.17, 15) is 4.79 Å². The summed E-state index contributed by atoms with van der Waals surface area (Å²) in [5.41, 5.74) is 5.51. The molecular weight excluding hydrogens is 228 g/mol. The maximum Gasteiger partial charge on any atom is 0.234 e. The van der Waals surface area contributed by atoms with Gasteiger partial charge in [-0.1, -0.05) is 0 Å². The van der Waals surface area contributed by atoms with Gasteiger partial charge in [0.2, 0.25) is 5.91 Å². The van der Waals surface area contributed by atoms with Gasteiger partial charge in [0.05, 0.1) is 6.54 Å². The molecule has 5 heteroatoms. The van der Waals surface area contributed by atoms with Crippen molar-refractivity contribution in [3.8, 4) is 0 Å². The van der Waals surface area contributed by atoms with Gasteiger partial charge in [-0.05, 0) is 38.3 Å². The van der Waals surface area contributed by atoms with Gasteiger partial charge in [-0.3, -0.25) is 9.69 Å². The second-order valence-electron chi connectivity index (χ2n) is 5.51. The van der Waals surface area contributed by atoms with E-state index in [4.69, 9.17) is 5.73 Å². The van der Waals surface area contributed by atoms with Crippen molar-refractivity contribution in [3.63, 3.8) is 0 Å². The molecule has 0 aromatic heterocycles. The summed E-state index contributed by atoms with van der Waals surface area (Å²) in [7, 11) is 0. The lowest BCUT2D eigenvalue weighted by molar-refractivity contribution is -0.122. The van der Waals surface area contributed by atoms with E-state index >= 15 is 0 Å². The highest BCUT2D eigenvalue weighted by atomic mass is 16.2. The monoisotopic (exact) mass is 254 g/mol. The Morgan fingerprint density at radius 1 is 1.17 bits per heavy atom. The number of piperazine rings is 1. The highest BCUT2D eigenvalue weighted by Crippen LogP contribution is 2.27. The minimum absolute atomic E-state index is 0.192. The number of rotatable bonds is 7. The van der Waals surface area contributed by atoms with E-state index in [0.29, 0.717) is 6.54 Å². The molecule has 104 valence electrons. The molecule has 1 amide bonds. The largest absolute Gasteiger partial charge is 0.355 e. The Kier molecular flexibility index (Phi) is 5.41. The number of carbonyl (C=O) groups excluding carboxylic acids is 1. The van der Waals surface area contributed by atoms with Gasteiger partial charge in [-0.15, -0.1) is 0 Å². The van der Waals surface area contributed by atoms with Crippen molar-refractivity contribution in [1.82, 2.24) is 15.1 Å². The standard InChI is InChI=1S/C13H26N4O/c14-4-1-5-16-6-8-17(9-7-16)11-13(18)15-10-12-2-3-12/h12H,1-11,14H2,(H,15,18). The Morgan fingerprint density at radius 2 is 1.83 bits per heavy atom. The summed E-state index contributed by atoms with van der Waals surface area (Å²) >= 11 is 0. The molecule has 0 aromatic rings. The molecule has 18 heavy (non-hydrogen) atoms. The van der Waals surface area contributed by atoms with Crippen molar-refractivity contribution >= 4 is 5.91 Å². The summed E-state index contributed by atoms with van der Waals surface area (Å²) < 4.78 is 0. The van der Waals surface area contributed by atoms with E-state index < -0.39 is 0 Å². The predicted molar refractivity (Wildman–Crippen MR) is 72.3 cm³/mol. The van der Waals surface area contributed by atoms with Crippen LogP contribution >= 0.6 is 0 Å². The van der Waals surface area contributed by atoms with Gasteiger partial charge >= 0.3 is 0 Å². The van der Waals surface area contributed by atoms with Crippen molar-refractivity contribution < 1.29 is 4.79 Å². The van der Waals surface area contributed by atoms with Crippen molar-refractivity contribution in [2.75, 3.05) is 52.4 Å². The van der Waals surface area contributed by atoms with Crippen LogP contribution in [-0.4, -0.2) is 68.1 Å². The first-order valence-corrected chi connectivity index (χ1v) is 7.19. The maximum absolute atomic E-state index is 11.7. The average molecular weight is 254 g/mol. The topological polar surface area (TPSA) is 61.6 Å². The zero-order chi connectivity index (χ0) is 12.8. The first-order valence-electron chi connectivity index (χ1n) is 7.19. The molecule has 3 N–H and O–H groups in total. The molecule has 1 aliphatic carbocycles. The lowest BCUT2D eigenvalue weighted by atomic mass is 10.3. The minimum atomic E-state index is 0.192. The van der Waals surface area contributed by atoms with E-state index in [2.05, 4.69) is 15.1 Å². The normalized spacial score (nSPS) is 22.1. The number of hydrogen-bond donors (Lipinski definition) is 2. The molecule has 0 bridgehead atoms. The van der Waals surface area contributed by atoms with E-state index in [1.807, 2.05) is 0 Å². The van der Waals surface area contributed by atoms with Crippen LogP contribution in [0.4, 0.5) is 0 Å². The molecule has 0 spiro atoms. The molecule has 1 heterocycles. The summed E-state index contributed by atoms with van der Waals surface area (Å²) in [5.74, 6) is 0.958. The number of nitrogens with zero attached hydrogens (tertiary/aromatic N) is 2. The zero-order valence-corrected chi connectivity index (χ0v) is 11.2. The third-order valence-corrected chi connectivity index (χ3v) is 3.80. The van der Waals surface area contributed by atoms with Crippen LogP contribution in [0.1, 0.15) is 19.3 Å². The van der Waals surface area contributed by atoms with Crippen molar-refractivity contribution in [2.45, 2.75) is 19.3 Å². The van der Waals surface area contributed by atoms with E-state index in [-0.39, 0.29) is 5.91 Å². The molecule has 1 aliphatic heterocycles. The van der Waals surface area contributed by atoms with Crippen molar-refractivity contribution in [1.29, 1.82) is 0 Å². The van der Waals surface area contributed by atoms with Gasteiger partial charge in [-0.2, -0.15) is 0 Å². The molecular formula is C13H26N4O. The Hall–Kier alpha value is -0.650. The third kappa shape index (κ3) is 4.92. The average Bonchev–Trinajstić information content (AvgIpc) is 3.20. The van der Waals surface area contributed by atoms with E-state index in [1.54, 1.807) is 0 Å². The van der Waals surface area contributed by atoms with E-state index in [0.717, 1.165) is 58.2 Å². The Balaban J connectivity index is 1.55.